The van der Waals surface area contributed by atoms with E-state index >= 15 is 0 Å². The molecule has 2 fully saturated rings. The van der Waals surface area contributed by atoms with Crippen molar-refractivity contribution >= 4 is 29.0 Å². The van der Waals surface area contributed by atoms with E-state index in [9.17, 15) is 5.21 Å². The van der Waals surface area contributed by atoms with E-state index in [1.54, 1.807) is 7.11 Å². The molecule has 162 valence electrons. The van der Waals surface area contributed by atoms with E-state index in [0.29, 0.717) is 0 Å². The highest BCUT2D eigenvalue weighted by molar-refractivity contribution is 6.10. The molecule has 4 heterocycles. The molecule has 0 spiro atoms. The lowest BCUT2D eigenvalue weighted by Crippen LogP contribution is -2.24. The molecule has 5 rings (SSSR count). The third-order valence-corrected chi connectivity index (χ3v) is 6.38. The molecule has 31 heavy (non-hydrogen) atoms. The second-order valence-corrected chi connectivity index (χ2v) is 8.23. The summed E-state index contributed by atoms with van der Waals surface area (Å²) in [6, 6.07) is 7.92. The van der Waals surface area contributed by atoms with Gasteiger partial charge in [0.25, 0.3) is 0 Å². The van der Waals surface area contributed by atoms with Crippen LogP contribution in [0.25, 0.3) is 22.3 Å². The Morgan fingerprint density at radius 3 is 2.23 bits per heavy atom. The summed E-state index contributed by atoms with van der Waals surface area (Å²) >= 11 is 0. The van der Waals surface area contributed by atoms with Crippen LogP contribution in [0, 0.1) is 0 Å². The van der Waals surface area contributed by atoms with Crippen LogP contribution in [0.15, 0.2) is 29.4 Å². The monoisotopic (exact) mass is 420 g/mol. The Labute approximate surface area is 181 Å². The molecule has 0 bridgehead atoms. The van der Waals surface area contributed by atoms with Gasteiger partial charge in [0.05, 0.1) is 24.4 Å². The lowest BCUT2D eigenvalue weighted by Gasteiger charge is -2.22. The van der Waals surface area contributed by atoms with E-state index in [1.807, 2.05) is 31.3 Å². The van der Waals surface area contributed by atoms with E-state index in [1.165, 1.54) is 19.1 Å². The van der Waals surface area contributed by atoms with Crippen LogP contribution in [0.5, 0.6) is 5.75 Å². The highest BCUT2D eigenvalue weighted by atomic mass is 16.5. The topological polar surface area (TPSA) is 79.0 Å². The number of hydrogen-bond donors (Lipinski definition) is 1. The SMILES string of the molecule is COc1ccc(-c2c(/C=N/O)c3c(N4CCCC4)nc(N4CCCC4)nc3n2C)cc1. The van der Waals surface area contributed by atoms with Gasteiger partial charge in [-0.1, -0.05) is 5.16 Å². The molecular weight excluding hydrogens is 392 g/mol. The zero-order chi connectivity index (χ0) is 21.4. The van der Waals surface area contributed by atoms with Gasteiger partial charge in [0.2, 0.25) is 5.95 Å². The Morgan fingerprint density at radius 1 is 0.968 bits per heavy atom. The molecule has 2 aliphatic heterocycles. The summed E-state index contributed by atoms with van der Waals surface area (Å²) in [5.41, 5.74) is 3.65. The molecule has 2 aliphatic rings. The fourth-order valence-electron chi connectivity index (χ4n) is 4.81. The first kappa shape index (κ1) is 19.7. The molecule has 8 heteroatoms. The van der Waals surface area contributed by atoms with Gasteiger partial charge in [-0.25, -0.2) is 0 Å². The Bertz CT molecular complexity index is 1110. The van der Waals surface area contributed by atoms with E-state index in [4.69, 9.17) is 14.7 Å². The zero-order valence-corrected chi connectivity index (χ0v) is 18.1. The van der Waals surface area contributed by atoms with Crippen LogP contribution in [-0.2, 0) is 7.05 Å². The fourth-order valence-corrected chi connectivity index (χ4v) is 4.81. The lowest BCUT2D eigenvalue weighted by molar-refractivity contribution is 0.322. The van der Waals surface area contributed by atoms with Crippen molar-refractivity contribution in [2.24, 2.45) is 12.2 Å². The maximum atomic E-state index is 9.50. The summed E-state index contributed by atoms with van der Waals surface area (Å²) in [5.74, 6) is 2.53. The quantitative estimate of drug-likeness (QED) is 0.386. The zero-order valence-electron chi connectivity index (χ0n) is 18.1. The Hall–Kier alpha value is -3.29. The third kappa shape index (κ3) is 3.36. The minimum absolute atomic E-state index is 0.793. The molecule has 1 N–H and O–H groups in total. The smallest absolute Gasteiger partial charge is 0.229 e. The van der Waals surface area contributed by atoms with Crippen molar-refractivity contribution < 1.29 is 9.94 Å². The van der Waals surface area contributed by atoms with Crippen molar-refractivity contribution in [2.75, 3.05) is 43.1 Å². The summed E-state index contributed by atoms with van der Waals surface area (Å²) < 4.78 is 7.42. The normalized spacial score (nSPS) is 16.8. The average molecular weight is 421 g/mol. The summed E-state index contributed by atoms with van der Waals surface area (Å²) in [4.78, 5) is 14.7. The van der Waals surface area contributed by atoms with Gasteiger partial charge in [-0.15, -0.1) is 0 Å². The number of aromatic nitrogens is 3. The second-order valence-electron chi connectivity index (χ2n) is 8.23. The summed E-state index contributed by atoms with van der Waals surface area (Å²) in [6.45, 7) is 3.94. The van der Waals surface area contributed by atoms with E-state index in [2.05, 4.69) is 19.5 Å². The summed E-state index contributed by atoms with van der Waals surface area (Å²) in [7, 11) is 3.68. The van der Waals surface area contributed by atoms with Gasteiger partial charge < -0.3 is 24.3 Å². The number of rotatable bonds is 5. The third-order valence-electron chi connectivity index (χ3n) is 6.38. The number of nitrogens with zero attached hydrogens (tertiary/aromatic N) is 6. The van der Waals surface area contributed by atoms with Crippen molar-refractivity contribution in [2.45, 2.75) is 25.7 Å². The van der Waals surface area contributed by atoms with Gasteiger partial charge in [-0.05, 0) is 55.5 Å². The number of oxime groups is 1. The highest BCUT2D eigenvalue weighted by Crippen LogP contribution is 2.38. The summed E-state index contributed by atoms with van der Waals surface area (Å²) in [6.07, 6.45) is 6.18. The second kappa shape index (κ2) is 8.09. The first-order valence-corrected chi connectivity index (χ1v) is 10.9. The van der Waals surface area contributed by atoms with E-state index in [-0.39, 0.29) is 0 Å². The number of methoxy groups -OCH3 is 1. The van der Waals surface area contributed by atoms with E-state index in [0.717, 1.165) is 84.4 Å². The predicted octanol–water partition coefficient (Wildman–Crippen LogP) is 3.65. The van der Waals surface area contributed by atoms with Crippen LogP contribution in [0.1, 0.15) is 31.2 Å². The Balaban J connectivity index is 1.78. The van der Waals surface area contributed by atoms with Crippen molar-refractivity contribution in [3.8, 4) is 17.0 Å². The number of aryl methyl sites for hydroxylation is 1. The van der Waals surface area contributed by atoms with E-state index < -0.39 is 0 Å². The minimum Gasteiger partial charge on any atom is -0.497 e. The Morgan fingerprint density at radius 2 is 1.61 bits per heavy atom. The summed E-state index contributed by atoms with van der Waals surface area (Å²) in [5, 5.41) is 13.9. The van der Waals surface area contributed by atoms with Crippen molar-refractivity contribution in [3.63, 3.8) is 0 Å². The average Bonchev–Trinajstić information content (AvgIpc) is 3.56. The van der Waals surface area contributed by atoms with Crippen LogP contribution in [0.3, 0.4) is 0 Å². The van der Waals surface area contributed by atoms with Gasteiger partial charge >= 0.3 is 0 Å². The number of ether oxygens (including phenoxy) is 1. The largest absolute Gasteiger partial charge is 0.497 e. The van der Waals surface area contributed by atoms with Crippen LogP contribution >= 0.6 is 0 Å². The number of benzene rings is 1. The molecule has 2 aromatic heterocycles. The van der Waals surface area contributed by atoms with Crippen LogP contribution in [0.4, 0.5) is 11.8 Å². The molecule has 0 saturated carbocycles. The fraction of sp³-hybridized carbons (Fsp3) is 0.435. The molecule has 0 unspecified atom stereocenters. The van der Waals surface area contributed by atoms with Crippen molar-refractivity contribution in [1.29, 1.82) is 0 Å². The lowest BCUT2D eigenvalue weighted by atomic mass is 10.1. The highest BCUT2D eigenvalue weighted by Gasteiger charge is 2.27. The molecule has 0 aliphatic carbocycles. The molecule has 1 aromatic carbocycles. The van der Waals surface area contributed by atoms with Crippen LogP contribution in [0.2, 0.25) is 0 Å². The molecule has 8 nitrogen and oxygen atoms in total. The van der Waals surface area contributed by atoms with Gasteiger partial charge in [0.15, 0.2) is 0 Å². The maximum Gasteiger partial charge on any atom is 0.229 e. The number of anilines is 2. The standard InChI is InChI=1S/C23H28N6O2/c1-27-20(16-7-9-17(31-2)10-8-16)18(15-24-30)19-21(27)25-23(29-13-5-6-14-29)26-22(19)28-11-3-4-12-28/h7-10,15,30H,3-6,11-14H2,1-2H3/b24-15+. The number of fused-ring (bicyclic) bond motifs is 1. The van der Waals surface area contributed by atoms with Crippen LogP contribution < -0.4 is 14.5 Å². The molecular formula is C23H28N6O2. The molecule has 0 amide bonds. The molecule has 0 radical (unpaired) electrons. The van der Waals surface area contributed by atoms with Crippen LogP contribution in [-0.4, -0.2) is 59.2 Å². The number of hydrogen-bond acceptors (Lipinski definition) is 7. The predicted molar refractivity (Wildman–Crippen MR) is 123 cm³/mol. The van der Waals surface area contributed by atoms with Gasteiger partial charge in [0.1, 0.15) is 17.2 Å². The van der Waals surface area contributed by atoms with Gasteiger partial charge in [-0.3, -0.25) is 0 Å². The Kier molecular flexibility index (Phi) is 5.13. The first-order chi connectivity index (χ1) is 15.2. The molecule has 3 aromatic rings. The minimum atomic E-state index is 0.793. The molecule has 0 atom stereocenters. The van der Waals surface area contributed by atoms with Gasteiger partial charge in [-0.2, -0.15) is 9.97 Å². The maximum absolute atomic E-state index is 9.50. The van der Waals surface area contributed by atoms with Gasteiger partial charge in [0, 0.05) is 38.8 Å². The first-order valence-electron chi connectivity index (χ1n) is 10.9. The van der Waals surface area contributed by atoms with Crippen molar-refractivity contribution in [3.05, 3.63) is 29.8 Å². The molecule has 2 saturated heterocycles. The van der Waals surface area contributed by atoms with Crippen molar-refractivity contribution in [1.82, 2.24) is 14.5 Å².